The zero-order valence-corrected chi connectivity index (χ0v) is 17.4. The van der Waals surface area contributed by atoms with Crippen LogP contribution in [0, 0.1) is 13.8 Å². The molecule has 1 aliphatic rings. The number of benzene rings is 1. The van der Waals surface area contributed by atoms with Crippen molar-refractivity contribution in [1.29, 1.82) is 0 Å². The third kappa shape index (κ3) is 4.10. The highest BCUT2D eigenvalue weighted by atomic mass is 127. The van der Waals surface area contributed by atoms with Crippen LogP contribution in [0.25, 0.3) is 0 Å². The van der Waals surface area contributed by atoms with Crippen LogP contribution in [0.1, 0.15) is 28.5 Å². The first-order valence-corrected chi connectivity index (χ1v) is 8.71. The average Bonchev–Trinajstić information content (AvgIpc) is 3.00. The summed E-state index contributed by atoms with van der Waals surface area (Å²) in [5, 5.41) is 5.28. The number of thiophene rings is 1. The monoisotopic (exact) mass is 457 g/mol. The highest BCUT2D eigenvalue weighted by molar-refractivity contribution is 14.0. The van der Waals surface area contributed by atoms with Crippen LogP contribution in [-0.4, -0.2) is 19.1 Å². The minimum absolute atomic E-state index is 0. The third-order valence-electron chi connectivity index (χ3n) is 4.40. The lowest BCUT2D eigenvalue weighted by Gasteiger charge is -2.33. The van der Waals surface area contributed by atoms with Crippen LogP contribution in [0.15, 0.2) is 34.6 Å². The van der Waals surface area contributed by atoms with Gasteiger partial charge in [0, 0.05) is 17.0 Å². The minimum Gasteiger partial charge on any atom is -0.370 e. The second kappa shape index (κ2) is 7.84. The van der Waals surface area contributed by atoms with Gasteiger partial charge in [-0.3, -0.25) is 0 Å². The molecule has 1 atom stereocenters. The molecule has 0 saturated carbocycles. The molecule has 1 unspecified atom stereocenters. The van der Waals surface area contributed by atoms with Crippen LogP contribution in [0.5, 0.6) is 0 Å². The van der Waals surface area contributed by atoms with Crippen LogP contribution in [0.3, 0.4) is 0 Å². The van der Waals surface area contributed by atoms with Crippen molar-refractivity contribution in [2.45, 2.75) is 32.8 Å². The SMILES string of the molecule is Cc1ccc(NC(N)=NCC2(C)OCCc3sccc32)cc1C.I. The largest absolute Gasteiger partial charge is 0.370 e. The normalized spacial score (nSPS) is 20.2. The molecule has 0 spiro atoms. The lowest BCUT2D eigenvalue weighted by Crippen LogP contribution is -2.36. The van der Waals surface area contributed by atoms with Crippen LogP contribution < -0.4 is 11.1 Å². The van der Waals surface area contributed by atoms with Gasteiger partial charge in [-0.1, -0.05) is 6.07 Å². The van der Waals surface area contributed by atoms with Crippen LogP contribution in [0.2, 0.25) is 0 Å². The molecule has 2 heterocycles. The molecule has 0 saturated heterocycles. The van der Waals surface area contributed by atoms with Crippen molar-refractivity contribution in [3.05, 3.63) is 51.2 Å². The van der Waals surface area contributed by atoms with E-state index in [0.717, 1.165) is 18.7 Å². The Morgan fingerprint density at radius 3 is 2.88 bits per heavy atom. The summed E-state index contributed by atoms with van der Waals surface area (Å²) in [6.07, 6.45) is 0.989. The lowest BCUT2D eigenvalue weighted by molar-refractivity contribution is -0.0374. The van der Waals surface area contributed by atoms with E-state index in [0.29, 0.717) is 12.5 Å². The molecule has 2 aromatic rings. The number of halogens is 1. The Morgan fingerprint density at radius 2 is 2.12 bits per heavy atom. The predicted molar refractivity (Wildman–Crippen MR) is 113 cm³/mol. The summed E-state index contributed by atoms with van der Waals surface area (Å²) < 4.78 is 6.00. The number of nitrogens with two attached hydrogens (primary N) is 1. The number of hydrogen-bond acceptors (Lipinski definition) is 3. The Kier molecular flexibility index (Phi) is 6.28. The van der Waals surface area contributed by atoms with Gasteiger partial charge in [-0.05, 0) is 61.0 Å². The van der Waals surface area contributed by atoms with Crippen molar-refractivity contribution in [3.8, 4) is 0 Å². The van der Waals surface area contributed by atoms with Gasteiger partial charge in [-0.25, -0.2) is 4.99 Å². The number of nitrogens with one attached hydrogen (secondary N) is 1. The van der Waals surface area contributed by atoms with Gasteiger partial charge in [0.25, 0.3) is 0 Å². The zero-order chi connectivity index (χ0) is 16.4. The molecule has 4 nitrogen and oxygen atoms in total. The standard InChI is InChI=1S/C18H23N3OS.HI/c1-12-4-5-14(10-13(12)2)21-17(19)20-11-18(3)15-7-9-23-16(15)6-8-22-18;/h4-5,7,9-10H,6,8,11H2,1-3H3,(H3,19,20,21);1H. The molecule has 3 rings (SSSR count). The highest BCUT2D eigenvalue weighted by Gasteiger charge is 2.33. The Morgan fingerprint density at radius 1 is 1.33 bits per heavy atom. The van der Waals surface area contributed by atoms with Crippen molar-refractivity contribution in [2.24, 2.45) is 10.7 Å². The quantitative estimate of drug-likeness (QED) is 0.413. The summed E-state index contributed by atoms with van der Waals surface area (Å²) in [5.74, 6) is 0.417. The second-order valence-corrected chi connectivity index (χ2v) is 7.21. The number of guanidine groups is 1. The van der Waals surface area contributed by atoms with E-state index in [9.17, 15) is 0 Å². The molecule has 0 bridgehead atoms. The summed E-state index contributed by atoms with van der Waals surface area (Å²) >= 11 is 1.79. The zero-order valence-electron chi connectivity index (χ0n) is 14.3. The number of nitrogens with zero attached hydrogens (tertiary/aromatic N) is 1. The number of fused-ring (bicyclic) bond motifs is 1. The molecule has 24 heavy (non-hydrogen) atoms. The summed E-state index contributed by atoms with van der Waals surface area (Å²) in [7, 11) is 0. The summed E-state index contributed by atoms with van der Waals surface area (Å²) in [5.41, 5.74) is 10.4. The number of aliphatic imine (C=N–C) groups is 1. The number of ether oxygens (including phenoxy) is 1. The Labute approximate surface area is 164 Å². The first kappa shape index (κ1) is 19.2. The fourth-order valence-corrected chi connectivity index (χ4v) is 3.81. The summed E-state index contributed by atoms with van der Waals surface area (Å²) in [6, 6.07) is 8.31. The number of hydrogen-bond donors (Lipinski definition) is 2. The Balaban J connectivity index is 0.00000208. The molecule has 1 aromatic heterocycles. The van der Waals surface area contributed by atoms with E-state index in [-0.39, 0.29) is 29.6 Å². The molecular weight excluding hydrogens is 433 g/mol. The van der Waals surface area contributed by atoms with Gasteiger partial charge in [-0.15, -0.1) is 35.3 Å². The Hall–Kier alpha value is -1.12. The molecular formula is C18H24IN3OS. The molecule has 6 heteroatoms. The first-order chi connectivity index (χ1) is 11.0. The van der Waals surface area contributed by atoms with E-state index in [1.807, 2.05) is 6.07 Å². The number of aryl methyl sites for hydroxylation is 2. The lowest BCUT2D eigenvalue weighted by atomic mass is 9.93. The molecule has 3 N–H and O–H groups in total. The molecule has 1 aliphatic heterocycles. The van der Waals surface area contributed by atoms with E-state index in [1.54, 1.807) is 11.3 Å². The summed E-state index contributed by atoms with van der Waals surface area (Å²) in [6.45, 7) is 7.52. The highest BCUT2D eigenvalue weighted by Crippen LogP contribution is 2.36. The molecule has 0 amide bonds. The van der Waals surface area contributed by atoms with Crippen molar-refractivity contribution >= 4 is 47.0 Å². The van der Waals surface area contributed by atoms with Gasteiger partial charge in [0.1, 0.15) is 5.60 Å². The fourth-order valence-electron chi connectivity index (χ4n) is 2.83. The fraction of sp³-hybridized carbons (Fsp3) is 0.389. The van der Waals surface area contributed by atoms with Crippen molar-refractivity contribution < 1.29 is 4.74 Å². The first-order valence-electron chi connectivity index (χ1n) is 7.83. The van der Waals surface area contributed by atoms with Crippen LogP contribution in [-0.2, 0) is 16.8 Å². The molecule has 0 aliphatic carbocycles. The number of rotatable bonds is 3. The van der Waals surface area contributed by atoms with Gasteiger partial charge in [-0.2, -0.15) is 0 Å². The molecule has 1 aromatic carbocycles. The maximum absolute atomic E-state index is 6.05. The van der Waals surface area contributed by atoms with Gasteiger partial charge in [0.05, 0.1) is 13.2 Å². The second-order valence-electron chi connectivity index (χ2n) is 6.21. The maximum Gasteiger partial charge on any atom is 0.193 e. The summed E-state index contributed by atoms with van der Waals surface area (Å²) in [4.78, 5) is 5.91. The van der Waals surface area contributed by atoms with Crippen molar-refractivity contribution in [2.75, 3.05) is 18.5 Å². The van der Waals surface area contributed by atoms with Gasteiger partial charge < -0.3 is 15.8 Å². The van der Waals surface area contributed by atoms with E-state index in [4.69, 9.17) is 10.5 Å². The minimum atomic E-state index is -0.386. The predicted octanol–water partition coefficient (Wildman–Crippen LogP) is 4.20. The molecule has 0 fully saturated rings. The van der Waals surface area contributed by atoms with Gasteiger partial charge >= 0.3 is 0 Å². The smallest absolute Gasteiger partial charge is 0.193 e. The van der Waals surface area contributed by atoms with E-state index >= 15 is 0 Å². The van der Waals surface area contributed by atoms with Crippen LogP contribution >= 0.6 is 35.3 Å². The average molecular weight is 457 g/mol. The van der Waals surface area contributed by atoms with Gasteiger partial charge in [0.15, 0.2) is 5.96 Å². The Bertz CT molecular complexity index is 744. The van der Waals surface area contributed by atoms with E-state index < -0.39 is 0 Å². The van der Waals surface area contributed by atoms with E-state index in [2.05, 4.69) is 54.7 Å². The van der Waals surface area contributed by atoms with Crippen molar-refractivity contribution in [3.63, 3.8) is 0 Å². The third-order valence-corrected chi connectivity index (χ3v) is 5.38. The maximum atomic E-state index is 6.05. The van der Waals surface area contributed by atoms with E-state index in [1.165, 1.54) is 21.6 Å². The molecule has 130 valence electrons. The topological polar surface area (TPSA) is 59.6 Å². The molecule has 0 radical (unpaired) electrons. The van der Waals surface area contributed by atoms with Crippen LogP contribution in [0.4, 0.5) is 5.69 Å². The number of anilines is 1. The van der Waals surface area contributed by atoms with Gasteiger partial charge in [0.2, 0.25) is 0 Å². The van der Waals surface area contributed by atoms with Crippen molar-refractivity contribution in [1.82, 2.24) is 0 Å².